The number of anilines is 1. The van der Waals surface area contributed by atoms with E-state index in [9.17, 15) is 18.0 Å². The van der Waals surface area contributed by atoms with Gasteiger partial charge in [0.05, 0.1) is 23.0 Å². The van der Waals surface area contributed by atoms with Gasteiger partial charge in [-0.3, -0.25) is 4.79 Å². The van der Waals surface area contributed by atoms with E-state index in [2.05, 4.69) is 19.9 Å². The van der Waals surface area contributed by atoms with E-state index in [1.165, 1.54) is 18.5 Å². The zero-order chi connectivity index (χ0) is 20.2. The summed E-state index contributed by atoms with van der Waals surface area (Å²) in [6.07, 6.45) is 0.675. The van der Waals surface area contributed by atoms with Gasteiger partial charge in [0.2, 0.25) is 0 Å². The molecule has 1 aromatic carbocycles. The van der Waals surface area contributed by atoms with Crippen molar-refractivity contribution in [3.05, 3.63) is 54.0 Å². The predicted molar refractivity (Wildman–Crippen MR) is 101 cm³/mol. The lowest BCUT2D eigenvalue weighted by Crippen LogP contribution is -2.56. The second-order valence-electron chi connectivity index (χ2n) is 7.51. The molecule has 1 amide bonds. The van der Waals surface area contributed by atoms with Crippen molar-refractivity contribution in [2.24, 2.45) is 0 Å². The van der Waals surface area contributed by atoms with E-state index in [4.69, 9.17) is 0 Å². The van der Waals surface area contributed by atoms with Gasteiger partial charge in [-0.05, 0) is 43.2 Å². The number of hydrogen-bond donors (Lipinski definition) is 1. The molecule has 6 nitrogen and oxygen atoms in total. The van der Waals surface area contributed by atoms with Gasteiger partial charge in [-0.15, -0.1) is 0 Å². The molecule has 1 unspecified atom stereocenters. The largest absolute Gasteiger partial charge is 0.416 e. The number of carbonyl (C=O) groups excluding carboxylic acids is 1. The van der Waals surface area contributed by atoms with Crippen LogP contribution in [0.1, 0.15) is 28.8 Å². The molecule has 0 radical (unpaired) electrons. The van der Waals surface area contributed by atoms with E-state index < -0.39 is 11.7 Å². The quantitative estimate of drug-likeness (QED) is 0.714. The van der Waals surface area contributed by atoms with Gasteiger partial charge in [0, 0.05) is 24.8 Å². The minimum atomic E-state index is -4.41. The lowest BCUT2D eigenvalue weighted by Gasteiger charge is -2.41. The fourth-order valence-corrected chi connectivity index (χ4v) is 4.47. The summed E-state index contributed by atoms with van der Waals surface area (Å²) >= 11 is 0. The molecule has 3 aromatic rings. The molecule has 2 aliphatic rings. The predicted octanol–water partition coefficient (Wildman–Crippen LogP) is 3.47. The van der Waals surface area contributed by atoms with Gasteiger partial charge >= 0.3 is 6.18 Å². The molecule has 2 saturated heterocycles. The monoisotopic (exact) mass is 401 g/mol. The van der Waals surface area contributed by atoms with Gasteiger partial charge in [-0.2, -0.15) is 13.2 Å². The summed E-state index contributed by atoms with van der Waals surface area (Å²) in [4.78, 5) is 28.8. The number of piperazine rings is 1. The number of fused-ring (bicyclic) bond motifs is 3. The van der Waals surface area contributed by atoms with Crippen LogP contribution < -0.4 is 4.90 Å². The summed E-state index contributed by atoms with van der Waals surface area (Å²) in [6, 6.07) is 6.42. The highest BCUT2D eigenvalue weighted by Gasteiger charge is 2.43. The Labute approximate surface area is 164 Å². The lowest BCUT2D eigenvalue weighted by atomic mass is 10.1. The first-order chi connectivity index (χ1) is 13.9. The number of amides is 1. The zero-order valence-electron chi connectivity index (χ0n) is 15.4. The van der Waals surface area contributed by atoms with E-state index in [-0.39, 0.29) is 18.0 Å². The molecule has 2 bridgehead atoms. The topological polar surface area (TPSA) is 65.1 Å². The SMILES string of the molecule is O=C(c1ccc(C(F)(F)F)cc1)N1C2CC[C@H]1CN(c1ncnc3[nH]ccc13)C2. The molecule has 29 heavy (non-hydrogen) atoms. The highest BCUT2D eigenvalue weighted by atomic mass is 19.4. The third-order valence-electron chi connectivity index (χ3n) is 5.81. The number of hydrogen-bond acceptors (Lipinski definition) is 4. The molecule has 0 aliphatic carbocycles. The van der Waals surface area contributed by atoms with Gasteiger partial charge in [0.15, 0.2) is 0 Å². The van der Waals surface area contributed by atoms with Crippen LogP contribution in [0.3, 0.4) is 0 Å². The van der Waals surface area contributed by atoms with Crippen molar-refractivity contribution >= 4 is 22.8 Å². The Hall–Kier alpha value is -3.10. The fraction of sp³-hybridized carbons (Fsp3) is 0.350. The van der Waals surface area contributed by atoms with Crippen LogP contribution in [0.25, 0.3) is 11.0 Å². The molecule has 1 N–H and O–H groups in total. The summed E-state index contributed by atoms with van der Waals surface area (Å²) in [5.74, 6) is 0.634. The number of H-pyrrole nitrogens is 1. The lowest BCUT2D eigenvalue weighted by molar-refractivity contribution is -0.137. The Morgan fingerprint density at radius 2 is 1.72 bits per heavy atom. The number of halogens is 3. The van der Waals surface area contributed by atoms with Gasteiger partial charge in [-0.25, -0.2) is 9.97 Å². The molecule has 0 spiro atoms. The summed E-state index contributed by atoms with van der Waals surface area (Å²) in [5, 5.41) is 0.939. The highest BCUT2D eigenvalue weighted by Crippen LogP contribution is 2.35. The molecule has 2 fully saturated rings. The third-order valence-corrected chi connectivity index (χ3v) is 5.81. The molecule has 150 valence electrons. The Bertz CT molecular complexity index is 1050. The van der Waals surface area contributed by atoms with Crippen LogP contribution in [-0.2, 0) is 6.18 Å². The average Bonchev–Trinajstić information content (AvgIpc) is 3.28. The maximum Gasteiger partial charge on any atom is 0.416 e. The summed E-state index contributed by atoms with van der Waals surface area (Å²) in [6.45, 7) is 1.28. The van der Waals surface area contributed by atoms with Crippen LogP contribution >= 0.6 is 0 Å². The number of nitrogens with one attached hydrogen (secondary N) is 1. The van der Waals surface area contributed by atoms with Crippen molar-refractivity contribution in [1.82, 2.24) is 19.9 Å². The van der Waals surface area contributed by atoms with Crippen LogP contribution in [0, 0.1) is 0 Å². The smallest absolute Gasteiger partial charge is 0.352 e. The normalized spacial score (nSPS) is 21.8. The summed E-state index contributed by atoms with van der Waals surface area (Å²) in [7, 11) is 0. The molecule has 2 aromatic heterocycles. The maximum absolute atomic E-state index is 13.0. The van der Waals surface area contributed by atoms with Crippen molar-refractivity contribution < 1.29 is 18.0 Å². The zero-order valence-corrected chi connectivity index (χ0v) is 15.4. The number of alkyl halides is 3. The van der Waals surface area contributed by atoms with Crippen molar-refractivity contribution in [3.8, 4) is 0 Å². The number of aromatic nitrogens is 3. The van der Waals surface area contributed by atoms with E-state index in [0.717, 1.165) is 41.8 Å². The van der Waals surface area contributed by atoms with E-state index in [0.29, 0.717) is 18.7 Å². The first-order valence-electron chi connectivity index (χ1n) is 9.45. The number of benzene rings is 1. The van der Waals surface area contributed by atoms with Crippen molar-refractivity contribution in [3.63, 3.8) is 0 Å². The minimum absolute atomic E-state index is 0.00694. The van der Waals surface area contributed by atoms with Crippen LogP contribution in [0.5, 0.6) is 0 Å². The summed E-state index contributed by atoms with van der Waals surface area (Å²) < 4.78 is 38.4. The Kier molecular flexibility index (Phi) is 4.01. The molecular weight excluding hydrogens is 383 g/mol. The maximum atomic E-state index is 13.0. The molecule has 9 heteroatoms. The second-order valence-corrected chi connectivity index (χ2v) is 7.51. The second kappa shape index (κ2) is 6.47. The van der Waals surface area contributed by atoms with E-state index in [1.54, 1.807) is 0 Å². The fourth-order valence-electron chi connectivity index (χ4n) is 4.47. The van der Waals surface area contributed by atoms with E-state index in [1.807, 2.05) is 17.2 Å². The van der Waals surface area contributed by atoms with Gasteiger partial charge in [0.25, 0.3) is 5.91 Å². The third kappa shape index (κ3) is 3.01. The molecule has 5 rings (SSSR count). The standard InChI is InChI=1S/C20H18F3N5O/c21-20(22,23)13-3-1-12(2-4-13)19(29)28-14-5-6-15(28)10-27(9-14)18-16-7-8-24-17(16)25-11-26-18/h1-4,7-8,11,14-15H,5-6,9-10H2,(H,24,25,26)/t14-,15?/m0/s1. The first-order valence-corrected chi connectivity index (χ1v) is 9.45. The molecular formula is C20H18F3N5O. The Morgan fingerprint density at radius 1 is 1.03 bits per heavy atom. The number of rotatable bonds is 2. The van der Waals surface area contributed by atoms with Gasteiger partial charge < -0.3 is 14.8 Å². The van der Waals surface area contributed by atoms with Crippen LogP contribution in [-0.4, -0.2) is 50.9 Å². The number of nitrogens with zero attached hydrogens (tertiary/aromatic N) is 4. The minimum Gasteiger partial charge on any atom is -0.352 e. The molecule has 2 aliphatic heterocycles. The molecule has 0 saturated carbocycles. The first kappa shape index (κ1) is 18.0. The van der Waals surface area contributed by atoms with Crippen LogP contribution in [0.4, 0.5) is 19.0 Å². The van der Waals surface area contributed by atoms with Gasteiger partial charge in [0.1, 0.15) is 17.8 Å². The van der Waals surface area contributed by atoms with Crippen molar-refractivity contribution in [2.75, 3.05) is 18.0 Å². The molecule has 4 heterocycles. The van der Waals surface area contributed by atoms with Crippen molar-refractivity contribution in [1.29, 1.82) is 0 Å². The summed E-state index contributed by atoms with van der Waals surface area (Å²) in [5.41, 5.74) is 0.310. The van der Waals surface area contributed by atoms with Crippen LogP contribution in [0.15, 0.2) is 42.9 Å². The average molecular weight is 401 g/mol. The molecule has 2 atom stereocenters. The van der Waals surface area contributed by atoms with Gasteiger partial charge in [-0.1, -0.05) is 0 Å². The van der Waals surface area contributed by atoms with Crippen LogP contribution in [0.2, 0.25) is 0 Å². The Balaban J connectivity index is 1.38. The number of carbonyl (C=O) groups is 1. The Morgan fingerprint density at radius 3 is 2.38 bits per heavy atom. The van der Waals surface area contributed by atoms with Crippen molar-refractivity contribution in [2.45, 2.75) is 31.1 Å². The number of aromatic amines is 1. The van der Waals surface area contributed by atoms with E-state index >= 15 is 0 Å². The highest BCUT2D eigenvalue weighted by molar-refractivity contribution is 5.95.